The zero-order valence-electron chi connectivity index (χ0n) is 14.9. The van der Waals surface area contributed by atoms with Gasteiger partial charge in [0.25, 0.3) is 5.91 Å². The molecule has 1 aromatic rings. The predicted octanol–water partition coefficient (Wildman–Crippen LogP) is 2.88. The van der Waals surface area contributed by atoms with Gasteiger partial charge in [-0.1, -0.05) is 32.0 Å². The van der Waals surface area contributed by atoms with Crippen molar-refractivity contribution in [3.8, 4) is 0 Å². The molecule has 0 bridgehead atoms. The molecule has 0 heterocycles. The topological polar surface area (TPSA) is 84.5 Å². The minimum atomic E-state index is -0.840. The van der Waals surface area contributed by atoms with Crippen molar-refractivity contribution >= 4 is 17.9 Å². The van der Waals surface area contributed by atoms with Crippen molar-refractivity contribution in [2.75, 3.05) is 0 Å². The van der Waals surface area contributed by atoms with Gasteiger partial charge >= 0.3 is 6.09 Å². The molecule has 0 aromatic heterocycles. The maximum absolute atomic E-state index is 12.4. The molecule has 0 unspecified atom stereocenters. The summed E-state index contributed by atoms with van der Waals surface area (Å²) in [7, 11) is 0. The average Bonchev–Trinajstić information content (AvgIpc) is 2.44. The Hall–Kier alpha value is -2.37. The predicted molar refractivity (Wildman–Crippen MR) is 91.5 cm³/mol. The third kappa shape index (κ3) is 7.26. The summed E-state index contributed by atoms with van der Waals surface area (Å²) < 4.78 is 5.17. The second kappa shape index (κ2) is 8.47. The van der Waals surface area contributed by atoms with Gasteiger partial charge in [0.05, 0.1) is 0 Å². The maximum Gasteiger partial charge on any atom is 0.408 e. The van der Waals surface area contributed by atoms with E-state index in [0.717, 1.165) is 0 Å². The van der Waals surface area contributed by atoms with E-state index in [-0.39, 0.29) is 5.92 Å². The first-order valence-corrected chi connectivity index (χ1v) is 7.98. The molecule has 0 aliphatic carbocycles. The zero-order valence-corrected chi connectivity index (χ0v) is 14.9. The van der Waals surface area contributed by atoms with E-state index in [1.54, 1.807) is 51.1 Å². The van der Waals surface area contributed by atoms with Crippen LogP contribution in [0.5, 0.6) is 0 Å². The Morgan fingerprint density at radius 1 is 1.08 bits per heavy atom. The van der Waals surface area contributed by atoms with E-state index < -0.39 is 29.6 Å². The van der Waals surface area contributed by atoms with Crippen LogP contribution >= 0.6 is 0 Å². The first-order valence-electron chi connectivity index (χ1n) is 7.98. The smallest absolute Gasteiger partial charge is 0.408 e. The first kappa shape index (κ1) is 19.7. The van der Waals surface area contributed by atoms with Crippen LogP contribution in [-0.4, -0.2) is 29.6 Å². The number of imide groups is 1. The number of hydrogen-bond donors (Lipinski definition) is 2. The van der Waals surface area contributed by atoms with Crippen molar-refractivity contribution in [1.29, 1.82) is 0 Å². The highest BCUT2D eigenvalue weighted by Gasteiger charge is 2.26. The summed E-state index contributed by atoms with van der Waals surface area (Å²) >= 11 is 0. The first-order chi connectivity index (χ1) is 11.1. The average molecular weight is 334 g/mol. The van der Waals surface area contributed by atoms with Crippen LogP contribution in [0, 0.1) is 5.92 Å². The Labute approximate surface area is 143 Å². The van der Waals surface area contributed by atoms with Gasteiger partial charge in [-0.15, -0.1) is 0 Å². The molecule has 1 atom stereocenters. The van der Waals surface area contributed by atoms with Crippen molar-refractivity contribution in [3.63, 3.8) is 0 Å². The number of nitrogens with one attached hydrogen (secondary N) is 2. The Morgan fingerprint density at radius 3 is 2.17 bits per heavy atom. The minimum Gasteiger partial charge on any atom is -0.444 e. The van der Waals surface area contributed by atoms with Gasteiger partial charge in [-0.2, -0.15) is 0 Å². The molecule has 0 saturated heterocycles. The van der Waals surface area contributed by atoms with Gasteiger partial charge in [0.15, 0.2) is 0 Å². The highest BCUT2D eigenvalue weighted by molar-refractivity contribution is 6.06. The Morgan fingerprint density at radius 2 is 1.67 bits per heavy atom. The second-order valence-electron chi connectivity index (χ2n) is 7.01. The van der Waals surface area contributed by atoms with Crippen molar-refractivity contribution in [2.24, 2.45) is 5.92 Å². The summed E-state index contributed by atoms with van der Waals surface area (Å²) in [5.74, 6) is -0.897. The number of hydrogen-bond acceptors (Lipinski definition) is 4. The molecule has 1 aromatic carbocycles. The number of carbonyl (C=O) groups is 3. The molecule has 6 heteroatoms. The zero-order chi connectivity index (χ0) is 18.3. The normalized spacial score (nSPS) is 12.4. The lowest BCUT2D eigenvalue weighted by molar-refractivity contribution is -0.122. The standard InChI is InChI=1S/C18H26N2O4/c1-12(2)11-14(19-17(23)24-18(3,4)5)16(22)20-15(21)13-9-7-6-8-10-13/h6-10,12,14H,11H2,1-5H3,(H,19,23)(H,20,21,22)/t14-/m0/s1. The van der Waals surface area contributed by atoms with Gasteiger partial charge < -0.3 is 10.1 Å². The molecule has 24 heavy (non-hydrogen) atoms. The molecule has 132 valence electrons. The minimum absolute atomic E-state index is 0.155. The summed E-state index contributed by atoms with van der Waals surface area (Å²) in [5, 5.41) is 4.86. The lowest BCUT2D eigenvalue weighted by Gasteiger charge is -2.24. The summed E-state index contributed by atoms with van der Waals surface area (Å²) in [6, 6.07) is 7.59. The number of amides is 3. The molecule has 3 amide bonds. The van der Waals surface area contributed by atoms with E-state index in [9.17, 15) is 14.4 Å². The van der Waals surface area contributed by atoms with Crippen molar-refractivity contribution in [1.82, 2.24) is 10.6 Å². The third-order valence-electron chi connectivity index (χ3n) is 2.99. The number of benzene rings is 1. The maximum atomic E-state index is 12.4. The van der Waals surface area contributed by atoms with E-state index in [4.69, 9.17) is 4.74 Å². The highest BCUT2D eigenvalue weighted by atomic mass is 16.6. The molecule has 0 aliphatic heterocycles. The summed E-state index contributed by atoms with van der Waals surface area (Å²) in [4.78, 5) is 36.4. The van der Waals surface area contributed by atoms with Crippen LogP contribution in [0.4, 0.5) is 4.79 Å². The highest BCUT2D eigenvalue weighted by Crippen LogP contribution is 2.10. The Bertz CT molecular complexity index is 576. The van der Waals surface area contributed by atoms with Crippen LogP contribution in [0.2, 0.25) is 0 Å². The summed E-state index contributed by atoms with van der Waals surface area (Å²) in [6.07, 6.45) is -0.289. The molecule has 0 fully saturated rings. The number of rotatable bonds is 5. The van der Waals surface area contributed by atoms with Gasteiger partial charge in [0.1, 0.15) is 11.6 Å². The SMILES string of the molecule is CC(C)C[C@H](NC(=O)OC(C)(C)C)C(=O)NC(=O)c1ccccc1. The van der Waals surface area contributed by atoms with Crippen molar-refractivity contribution in [3.05, 3.63) is 35.9 Å². The van der Waals surface area contributed by atoms with Gasteiger partial charge in [-0.3, -0.25) is 14.9 Å². The van der Waals surface area contributed by atoms with Crippen LogP contribution in [0.15, 0.2) is 30.3 Å². The molecule has 6 nitrogen and oxygen atoms in total. The van der Waals surface area contributed by atoms with E-state index in [1.165, 1.54) is 0 Å². The fraction of sp³-hybridized carbons (Fsp3) is 0.500. The van der Waals surface area contributed by atoms with E-state index in [2.05, 4.69) is 10.6 Å². The van der Waals surface area contributed by atoms with Gasteiger partial charge in [-0.25, -0.2) is 4.79 Å². The number of carbonyl (C=O) groups excluding carboxylic acids is 3. The van der Waals surface area contributed by atoms with Gasteiger partial charge in [-0.05, 0) is 45.2 Å². The largest absolute Gasteiger partial charge is 0.444 e. The Balaban J connectivity index is 2.74. The molecule has 0 radical (unpaired) electrons. The third-order valence-corrected chi connectivity index (χ3v) is 2.99. The summed E-state index contributed by atoms with van der Waals surface area (Å²) in [5.41, 5.74) is -0.283. The van der Waals surface area contributed by atoms with Gasteiger partial charge in [0, 0.05) is 5.56 Å². The fourth-order valence-electron chi connectivity index (χ4n) is 2.01. The van der Waals surface area contributed by atoms with Gasteiger partial charge in [0.2, 0.25) is 5.91 Å². The van der Waals surface area contributed by atoms with Crippen molar-refractivity contribution in [2.45, 2.75) is 52.7 Å². The van der Waals surface area contributed by atoms with Crippen LogP contribution in [-0.2, 0) is 9.53 Å². The molecule has 1 rings (SSSR count). The van der Waals surface area contributed by atoms with Crippen LogP contribution < -0.4 is 10.6 Å². The number of ether oxygens (including phenoxy) is 1. The van der Waals surface area contributed by atoms with Crippen LogP contribution in [0.3, 0.4) is 0 Å². The molecular formula is C18H26N2O4. The van der Waals surface area contributed by atoms with Crippen LogP contribution in [0.25, 0.3) is 0 Å². The van der Waals surface area contributed by atoms with E-state index >= 15 is 0 Å². The summed E-state index contributed by atoms with van der Waals surface area (Å²) in [6.45, 7) is 9.07. The Kier molecular flexibility index (Phi) is 6.95. The molecule has 0 saturated carbocycles. The monoisotopic (exact) mass is 334 g/mol. The molecule has 0 spiro atoms. The molecule has 0 aliphatic rings. The van der Waals surface area contributed by atoms with Crippen molar-refractivity contribution < 1.29 is 19.1 Å². The second-order valence-corrected chi connectivity index (χ2v) is 7.01. The quantitative estimate of drug-likeness (QED) is 0.867. The van der Waals surface area contributed by atoms with E-state index in [0.29, 0.717) is 12.0 Å². The molecular weight excluding hydrogens is 308 g/mol. The molecule has 2 N–H and O–H groups in total. The number of alkyl carbamates (subject to hydrolysis) is 1. The fourth-order valence-corrected chi connectivity index (χ4v) is 2.01. The lowest BCUT2D eigenvalue weighted by atomic mass is 10.0. The van der Waals surface area contributed by atoms with Crippen LogP contribution in [0.1, 0.15) is 51.4 Å². The lowest BCUT2D eigenvalue weighted by Crippen LogP contribution is -2.50. The van der Waals surface area contributed by atoms with E-state index in [1.807, 2.05) is 13.8 Å².